The largest absolute Gasteiger partial charge is 0.854 e. The second-order valence-corrected chi connectivity index (χ2v) is 48.4. The van der Waals surface area contributed by atoms with Crippen molar-refractivity contribution in [3.63, 3.8) is 0 Å². The Kier molecular flexibility index (Phi) is 41.1. The lowest BCUT2D eigenvalue weighted by Gasteiger charge is -2.46. The molecule has 436 valence electrons. The summed E-state index contributed by atoms with van der Waals surface area (Å²) < 4.78 is 86.5. The molecule has 0 bridgehead atoms. The highest BCUT2D eigenvalue weighted by Gasteiger charge is 2.64. The summed E-state index contributed by atoms with van der Waals surface area (Å²) in [6, 6.07) is 2.30. The first kappa shape index (κ1) is 75.1. The van der Waals surface area contributed by atoms with Crippen LogP contribution >= 0.6 is 0 Å². The van der Waals surface area contributed by atoms with E-state index in [9.17, 15) is 50.8 Å². The molecule has 0 radical (unpaired) electrons. The summed E-state index contributed by atoms with van der Waals surface area (Å²) in [5.41, 5.74) is 0. The molecule has 0 aromatic heterocycles. The molecule has 0 saturated carbocycles. The predicted molar refractivity (Wildman–Crippen MR) is 271 cm³/mol. The van der Waals surface area contributed by atoms with Crippen LogP contribution in [0.2, 0.25) is 87.1 Å². The van der Waals surface area contributed by atoms with Gasteiger partial charge in [0.15, 0.2) is 8.32 Å². The molecule has 0 amide bonds. The SMILES string of the molecule is CO[Si](CCC[O-])(OC)O[Si](CCC[O-])(OC)O[Si](CCC[O-])(O[Si](CCC[O-])(OC)OC)O[Si](CCCO)(OC)OC.C[Si](C)(CCC[O-])O[Si](C)(CCC[O-])O[Si](C)(CCC[O-])O[Si](C)(O)CCC[O-]. The van der Waals surface area contributed by atoms with Gasteiger partial charge < -0.3 is 111 Å². The highest BCUT2D eigenvalue weighted by molar-refractivity contribution is 6.90. The zero-order valence-electron chi connectivity index (χ0n) is 45.5. The summed E-state index contributed by atoms with van der Waals surface area (Å²) in [4.78, 5) is 10.8. The average molecular weight is 1200 g/mol. The van der Waals surface area contributed by atoms with E-state index in [4.69, 9.17) is 59.8 Å². The number of aliphatic hydroxyl groups is 1. The van der Waals surface area contributed by atoms with Crippen molar-refractivity contribution >= 4 is 78.0 Å². The zero-order valence-corrected chi connectivity index (χ0v) is 54.5. The summed E-state index contributed by atoms with van der Waals surface area (Å²) in [6.45, 7) is 6.59. The topological polar surface area (TPSA) is 354 Å². The Morgan fingerprint density at radius 1 is 0.292 bits per heavy atom. The summed E-state index contributed by atoms with van der Waals surface area (Å²) in [5.74, 6) is 0. The fourth-order valence-electron chi connectivity index (χ4n) is 7.73. The van der Waals surface area contributed by atoms with Crippen molar-refractivity contribution in [3.8, 4) is 0 Å². The van der Waals surface area contributed by atoms with Crippen LogP contribution in [0.25, 0.3) is 0 Å². The van der Waals surface area contributed by atoms with Crippen molar-refractivity contribution in [2.45, 2.75) is 145 Å². The number of aliphatic hydroxyl groups excluding tert-OH is 1. The first-order valence-corrected chi connectivity index (χ1v) is 45.1. The van der Waals surface area contributed by atoms with Crippen LogP contribution in [0.4, 0.5) is 0 Å². The van der Waals surface area contributed by atoms with Crippen LogP contribution in [-0.4, -0.2) is 197 Å². The van der Waals surface area contributed by atoms with E-state index in [-0.39, 0.29) is 95.4 Å². The number of hydrogen-bond acceptors (Lipinski definition) is 24. The van der Waals surface area contributed by atoms with E-state index in [2.05, 4.69) is 0 Å². The van der Waals surface area contributed by atoms with Gasteiger partial charge in [-0.3, -0.25) is 0 Å². The van der Waals surface area contributed by atoms with Crippen molar-refractivity contribution in [2.24, 2.45) is 0 Å². The lowest BCUT2D eigenvalue weighted by atomic mass is 10.5. The predicted octanol–water partition coefficient (Wildman–Crippen LogP) is -2.89. The molecule has 0 aromatic rings. The maximum Gasteiger partial charge on any atom is 0.493 e. The minimum Gasteiger partial charge on any atom is -0.854 e. The van der Waals surface area contributed by atoms with E-state index in [1.807, 2.05) is 26.2 Å². The molecule has 0 aliphatic rings. The zero-order chi connectivity index (χ0) is 55.5. The maximum atomic E-state index is 11.9. The quantitative estimate of drug-likeness (QED) is 0.0578. The summed E-state index contributed by atoms with van der Waals surface area (Å²) in [6.07, 6.45) is 2.35. The van der Waals surface area contributed by atoms with Crippen molar-refractivity contribution < 1.29 is 111 Å². The van der Waals surface area contributed by atoms with Crippen LogP contribution in [0.3, 0.4) is 0 Å². The fraction of sp³-hybridized carbons (Fsp3) is 1.00. The summed E-state index contributed by atoms with van der Waals surface area (Å²) >= 11 is 0. The van der Waals surface area contributed by atoms with E-state index in [0.717, 1.165) is 6.04 Å². The van der Waals surface area contributed by atoms with Crippen LogP contribution in [0.15, 0.2) is 0 Å². The lowest BCUT2D eigenvalue weighted by Crippen LogP contribution is -2.69. The molecule has 0 fully saturated rings. The second-order valence-electron chi connectivity index (χ2n) is 18.0. The third-order valence-electron chi connectivity index (χ3n) is 11.2. The fourth-order valence-corrected chi connectivity index (χ4v) is 47.2. The molecule has 0 spiro atoms. The summed E-state index contributed by atoms with van der Waals surface area (Å²) in [7, 11) is -20.9. The van der Waals surface area contributed by atoms with E-state index in [1.54, 1.807) is 6.55 Å². The minimum absolute atomic E-state index is 0.00900. The molecule has 0 aliphatic carbocycles. The molecule has 5 atom stereocenters. The first-order chi connectivity index (χ1) is 33.9. The van der Waals surface area contributed by atoms with Crippen LogP contribution in [0.1, 0.15) is 57.8 Å². The van der Waals surface area contributed by atoms with Gasteiger partial charge in [-0.15, -0.1) is 52.9 Å². The Morgan fingerprint density at radius 2 is 0.556 bits per heavy atom. The Balaban J connectivity index is 0. The van der Waals surface area contributed by atoms with Crippen LogP contribution in [-0.2, 0) is 59.8 Å². The molecule has 0 aliphatic heterocycles. The van der Waals surface area contributed by atoms with Gasteiger partial charge in [0.1, 0.15) is 0 Å². The smallest absolute Gasteiger partial charge is 0.493 e. The second kappa shape index (κ2) is 39.4. The van der Waals surface area contributed by atoms with Gasteiger partial charge in [0.25, 0.3) is 0 Å². The van der Waals surface area contributed by atoms with Crippen molar-refractivity contribution in [3.05, 3.63) is 0 Å². The molecule has 0 heterocycles. The normalized spacial score (nSPS) is 17.1. The third-order valence-corrected chi connectivity index (χ3v) is 46.6. The van der Waals surface area contributed by atoms with Crippen molar-refractivity contribution in [1.29, 1.82) is 0 Å². The van der Waals surface area contributed by atoms with Gasteiger partial charge in [-0.05, 0) is 63.3 Å². The van der Waals surface area contributed by atoms with Gasteiger partial charge >= 0.3 is 69.7 Å². The van der Waals surface area contributed by atoms with Gasteiger partial charge in [-0.2, -0.15) is 0 Å². The summed E-state index contributed by atoms with van der Waals surface area (Å²) in [5, 5.41) is 100. The molecular weight excluding hydrogens is 1110 g/mol. The van der Waals surface area contributed by atoms with Crippen molar-refractivity contribution in [1.82, 2.24) is 0 Å². The number of hydrogen-bond donors (Lipinski definition) is 2. The molecule has 0 saturated heterocycles. The first-order valence-electron chi connectivity index (χ1n) is 24.7. The molecule has 72 heavy (non-hydrogen) atoms. The molecular formula is C39H92O24Si9-8. The Hall–Kier alpha value is 0.992. The van der Waals surface area contributed by atoms with Gasteiger partial charge in [-0.25, -0.2) is 0 Å². The van der Waals surface area contributed by atoms with Crippen LogP contribution < -0.4 is 40.9 Å². The lowest BCUT2D eigenvalue weighted by molar-refractivity contribution is -0.368. The molecule has 33 heteroatoms. The van der Waals surface area contributed by atoms with Gasteiger partial charge in [-0.1, -0.05) is 51.4 Å². The molecule has 24 nitrogen and oxygen atoms in total. The van der Waals surface area contributed by atoms with E-state index in [1.165, 1.54) is 49.8 Å². The highest BCUT2D eigenvalue weighted by atomic mass is 28.5. The standard InChI is InChI=1S/C22H52O16Si5.C17H40O8Si4/c1-28-39(29-2,18-8-13-23)35-42(34-7,21-11-16-26)38-43(22-12-17-27,36-40(30-3,31-4)19-9-14-24)37-41(32-5,33-6)20-10-15-25;1-26(2,14-6-10-18)23-28(4,16-8-12-20)25-29(5,17-9-13-21)24-27(3,22)15-7-11-19/h24H,8-22H2,1-7H3;22H,6-17H2,1-5H3/q2*-4. The molecule has 5 unspecified atom stereocenters. The van der Waals surface area contributed by atoms with E-state index < -0.39 is 104 Å². The third kappa shape index (κ3) is 29.3. The molecule has 0 rings (SSSR count). The van der Waals surface area contributed by atoms with Gasteiger partial charge in [0, 0.05) is 86.6 Å². The Morgan fingerprint density at radius 3 is 0.903 bits per heavy atom. The molecule has 2 N–H and O–H groups in total. The minimum atomic E-state index is -4.34. The van der Waals surface area contributed by atoms with Gasteiger partial charge in [0.2, 0.25) is 0 Å². The van der Waals surface area contributed by atoms with E-state index in [0.29, 0.717) is 43.8 Å². The monoisotopic (exact) mass is 1200 g/mol. The highest BCUT2D eigenvalue weighted by Crippen LogP contribution is 2.38. The Labute approximate surface area is 440 Å². The number of rotatable bonds is 48. The Bertz CT molecular complexity index is 1260. The van der Waals surface area contributed by atoms with E-state index >= 15 is 0 Å². The average Bonchev–Trinajstić information content (AvgIpc) is 3.36. The van der Waals surface area contributed by atoms with Crippen LogP contribution in [0, 0.1) is 0 Å². The maximum absolute atomic E-state index is 11.9. The van der Waals surface area contributed by atoms with Gasteiger partial charge in [0.05, 0.1) is 0 Å². The van der Waals surface area contributed by atoms with Crippen LogP contribution in [0.5, 0.6) is 0 Å². The molecule has 0 aromatic carbocycles. The van der Waals surface area contributed by atoms with Crippen molar-refractivity contribution in [2.75, 3.05) is 109 Å².